The number of benzene rings is 4. The molecular formula is C48H58N4O4. The number of ether oxygens (including phenoxy) is 4. The molecule has 4 aromatic carbocycles. The van der Waals surface area contributed by atoms with Gasteiger partial charge in [-0.3, -0.25) is 9.98 Å². The minimum Gasteiger partial charge on any atom is -0.497 e. The maximum atomic E-state index is 5.52. The van der Waals surface area contributed by atoms with Crippen LogP contribution in [-0.2, 0) is 13.1 Å². The fourth-order valence-corrected chi connectivity index (χ4v) is 7.58. The summed E-state index contributed by atoms with van der Waals surface area (Å²) in [6.07, 6.45) is 9.74. The van der Waals surface area contributed by atoms with Crippen LogP contribution in [0.5, 0.6) is 23.0 Å². The number of hydrogen-bond donors (Lipinski definition) is 0. The number of para-hydroxylation sites is 2. The molecule has 0 N–H and O–H groups in total. The van der Waals surface area contributed by atoms with E-state index in [0.29, 0.717) is 0 Å². The Morgan fingerprint density at radius 1 is 0.429 bits per heavy atom. The molecule has 2 aromatic heterocycles. The van der Waals surface area contributed by atoms with Crippen LogP contribution in [0.15, 0.2) is 107 Å². The molecule has 0 spiro atoms. The highest BCUT2D eigenvalue weighted by Gasteiger charge is 2.10. The smallest absolute Gasteiger partial charge is 0.122 e. The first-order chi connectivity index (χ1) is 27.4. The Kier molecular flexibility index (Phi) is 14.3. The van der Waals surface area contributed by atoms with Crippen LogP contribution in [0.25, 0.3) is 21.8 Å². The van der Waals surface area contributed by atoms with E-state index in [4.69, 9.17) is 28.9 Å². The summed E-state index contributed by atoms with van der Waals surface area (Å²) in [5.41, 5.74) is 6.99. The molecule has 0 radical (unpaired) electrons. The number of aromatic nitrogens is 2. The maximum absolute atomic E-state index is 5.52. The van der Waals surface area contributed by atoms with Crippen molar-refractivity contribution in [3.8, 4) is 23.0 Å². The average molecular weight is 755 g/mol. The largest absolute Gasteiger partial charge is 0.497 e. The van der Waals surface area contributed by atoms with Gasteiger partial charge in [0.1, 0.15) is 23.0 Å². The number of unbranched alkanes of at least 4 members (excludes halogenated alkanes) is 7. The first-order valence-corrected chi connectivity index (χ1v) is 20.0. The van der Waals surface area contributed by atoms with E-state index >= 15 is 0 Å². The van der Waals surface area contributed by atoms with Crippen molar-refractivity contribution in [2.75, 3.05) is 41.5 Å². The third-order valence-corrected chi connectivity index (χ3v) is 10.6. The molecule has 2 heterocycles. The van der Waals surface area contributed by atoms with Crippen molar-refractivity contribution in [3.05, 3.63) is 130 Å². The van der Waals surface area contributed by atoms with Crippen LogP contribution in [-0.4, -0.2) is 50.7 Å². The first kappa shape index (κ1) is 40.2. The number of methoxy groups -OCH3 is 4. The third kappa shape index (κ3) is 10.2. The van der Waals surface area contributed by atoms with Crippen molar-refractivity contribution in [1.29, 1.82) is 0 Å². The number of hydrogen-bond acceptors (Lipinski definition) is 6. The van der Waals surface area contributed by atoms with Crippen molar-refractivity contribution in [1.82, 2.24) is 9.13 Å². The van der Waals surface area contributed by atoms with E-state index in [2.05, 4.69) is 108 Å². The van der Waals surface area contributed by atoms with Crippen LogP contribution in [0.4, 0.5) is 0 Å². The average Bonchev–Trinajstić information content (AvgIpc) is 3.23. The fourth-order valence-electron chi connectivity index (χ4n) is 7.58. The predicted octanol–water partition coefficient (Wildman–Crippen LogP) is 9.97. The van der Waals surface area contributed by atoms with Gasteiger partial charge >= 0.3 is 0 Å². The van der Waals surface area contributed by atoms with Crippen LogP contribution in [0.2, 0.25) is 0 Å². The van der Waals surface area contributed by atoms with Crippen LogP contribution in [0.1, 0.15) is 73.9 Å². The fraction of sp³-hybridized carbons (Fsp3) is 0.375. The van der Waals surface area contributed by atoms with Crippen molar-refractivity contribution in [2.45, 2.75) is 78.3 Å². The lowest BCUT2D eigenvalue weighted by Crippen LogP contribution is -2.14. The molecule has 0 aliphatic rings. The highest BCUT2D eigenvalue weighted by atomic mass is 16.5. The van der Waals surface area contributed by atoms with Gasteiger partial charge in [0.2, 0.25) is 0 Å². The maximum Gasteiger partial charge on any atom is 0.122 e. The van der Waals surface area contributed by atoms with Gasteiger partial charge in [0.05, 0.1) is 50.2 Å². The lowest BCUT2D eigenvalue weighted by atomic mass is 10.1. The molecule has 0 atom stereocenters. The summed E-state index contributed by atoms with van der Waals surface area (Å²) in [5.74, 6) is 3.19. The molecule has 0 aliphatic heterocycles. The van der Waals surface area contributed by atoms with E-state index < -0.39 is 0 Å². The second kappa shape index (κ2) is 19.9. The Balaban J connectivity index is 0.958. The number of fused-ring (bicyclic) bond motifs is 2. The molecule has 6 aromatic rings. The molecule has 8 heteroatoms. The van der Waals surface area contributed by atoms with Gasteiger partial charge in [-0.25, -0.2) is 0 Å². The summed E-state index contributed by atoms with van der Waals surface area (Å²) in [4.78, 5) is 10.2. The normalized spacial score (nSPS) is 12.1. The summed E-state index contributed by atoms with van der Waals surface area (Å²) in [5, 5.41) is 4.53. The van der Waals surface area contributed by atoms with Crippen molar-refractivity contribution in [3.63, 3.8) is 0 Å². The Morgan fingerprint density at radius 2 is 0.768 bits per heavy atom. The van der Waals surface area contributed by atoms with Crippen molar-refractivity contribution >= 4 is 21.8 Å². The molecule has 0 fully saturated rings. The molecule has 0 saturated heterocycles. The summed E-state index contributed by atoms with van der Waals surface area (Å²) in [7, 11) is 6.76. The molecule has 0 amide bonds. The summed E-state index contributed by atoms with van der Waals surface area (Å²) in [6, 6.07) is 33.7. The predicted molar refractivity (Wildman–Crippen MR) is 228 cm³/mol. The number of aryl methyl sites for hydroxylation is 2. The van der Waals surface area contributed by atoms with Crippen LogP contribution in [0, 0.1) is 13.8 Å². The highest BCUT2D eigenvalue weighted by molar-refractivity contribution is 5.80. The van der Waals surface area contributed by atoms with Crippen molar-refractivity contribution in [2.24, 2.45) is 9.98 Å². The Labute approximate surface area is 332 Å². The van der Waals surface area contributed by atoms with Gasteiger partial charge in [-0.2, -0.15) is 0 Å². The van der Waals surface area contributed by atoms with Gasteiger partial charge in [-0.05, 0) is 86.3 Å². The molecular weight excluding hydrogens is 697 g/mol. The highest BCUT2D eigenvalue weighted by Crippen LogP contribution is 2.26. The number of pyridine rings is 2. The Hall–Kier alpha value is -5.50. The quantitative estimate of drug-likeness (QED) is 0.0773. The zero-order chi connectivity index (χ0) is 39.3. The molecule has 0 bridgehead atoms. The zero-order valence-corrected chi connectivity index (χ0v) is 34.1. The van der Waals surface area contributed by atoms with Crippen LogP contribution in [0.3, 0.4) is 0 Å². The van der Waals surface area contributed by atoms with E-state index in [1.807, 2.05) is 12.1 Å². The van der Waals surface area contributed by atoms with Gasteiger partial charge in [-0.1, -0.05) is 74.9 Å². The van der Waals surface area contributed by atoms with Gasteiger partial charge < -0.3 is 28.1 Å². The Bertz CT molecular complexity index is 2160. The van der Waals surface area contributed by atoms with Crippen LogP contribution >= 0.6 is 0 Å². The molecule has 8 nitrogen and oxygen atoms in total. The van der Waals surface area contributed by atoms with E-state index in [-0.39, 0.29) is 0 Å². The van der Waals surface area contributed by atoms with Gasteiger partial charge in [0, 0.05) is 60.5 Å². The summed E-state index contributed by atoms with van der Waals surface area (Å²) >= 11 is 0. The van der Waals surface area contributed by atoms with E-state index in [9.17, 15) is 0 Å². The van der Waals surface area contributed by atoms with Gasteiger partial charge in [-0.15, -0.1) is 0 Å². The van der Waals surface area contributed by atoms with Crippen molar-refractivity contribution < 1.29 is 18.9 Å². The second-order valence-corrected chi connectivity index (χ2v) is 14.6. The topological polar surface area (TPSA) is 71.5 Å². The number of nitrogens with zero attached hydrogens (tertiary/aromatic N) is 4. The molecule has 6 rings (SSSR count). The lowest BCUT2D eigenvalue weighted by molar-refractivity contribution is 0.393. The lowest BCUT2D eigenvalue weighted by Gasteiger charge is -2.17. The van der Waals surface area contributed by atoms with Gasteiger partial charge in [0.25, 0.3) is 0 Å². The summed E-state index contributed by atoms with van der Waals surface area (Å²) < 4.78 is 26.8. The first-order valence-electron chi connectivity index (χ1n) is 20.0. The van der Waals surface area contributed by atoms with E-state index in [1.54, 1.807) is 28.4 Å². The molecule has 56 heavy (non-hydrogen) atoms. The molecule has 0 aliphatic carbocycles. The second-order valence-electron chi connectivity index (χ2n) is 14.6. The zero-order valence-electron chi connectivity index (χ0n) is 34.1. The Morgan fingerprint density at radius 3 is 1.12 bits per heavy atom. The molecule has 294 valence electrons. The summed E-state index contributed by atoms with van der Waals surface area (Å²) in [6.45, 7) is 7.49. The van der Waals surface area contributed by atoms with Crippen LogP contribution < -0.4 is 29.7 Å². The molecule has 0 unspecified atom stereocenters. The number of rotatable bonds is 19. The molecule has 0 saturated carbocycles. The minimum atomic E-state index is 0.724. The van der Waals surface area contributed by atoms with Gasteiger partial charge in [0.15, 0.2) is 0 Å². The van der Waals surface area contributed by atoms with E-state index in [0.717, 1.165) is 83.9 Å². The minimum absolute atomic E-state index is 0.724. The van der Waals surface area contributed by atoms with E-state index in [1.165, 1.54) is 71.7 Å². The monoisotopic (exact) mass is 754 g/mol. The third-order valence-electron chi connectivity index (χ3n) is 10.6. The standard InChI is InChI=1S/C48H58N4O4/c1-35-25-45(43-19-13-15-21-47(43)51(35)33-37-27-39(53-3)31-40(28-37)54-4)49-23-17-11-9-7-8-10-12-18-24-50-46-26-36(2)52(48-22-16-14-20-44(46)48)34-38-29-41(55-5)32-42(30-38)56-6/h13-16,19-22,25-32H,7-12,17-18,23-24,33-34H2,1-6H3. The SMILES string of the molecule is COc1cc(Cn2c(C)cc(=NCCCCCCCCCCN=c3cc(C)n(Cc4cc(OC)cc(OC)c4)c4ccccc34)c3ccccc32)cc(OC)c1.